The van der Waals surface area contributed by atoms with Gasteiger partial charge in [-0.2, -0.15) is 9.61 Å². The average molecular weight is 334 g/mol. The Balaban J connectivity index is 1.68. The summed E-state index contributed by atoms with van der Waals surface area (Å²) < 4.78 is 7.11. The van der Waals surface area contributed by atoms with Crippen LogP contribution in [0.25, 0.3) is 5.65 Å². The minimum absolute atomic E-state index is 0.0755. The highest BCUT2D eigenvalue weighted by Gasteiger charge is 2.11. The largest absolute Gasteiger partial charge is 0.487 e. The lowest BCUT2D eigenvalue weighted by atomic mass is 10.2. The average Bonchev–Trinajstić information content (AvgIpc) is 2.94. The predicted molar refractivity (Wildman–Crippen MR) is 88.3 cm³/mol. The van der Waals surface area contributed by atoms with Crippen LogP contribution in [0.15, 0.2) is 41.2 Å². The molecule has 23 heavy (non-hydrogen) atoms. The van der Waals surface area contributed by atoms with Crippen LogP contribution in [0.1, 0.15) is 13.3 Å². The van der Waals surface area contributed by atoms with Gasteiger partial charge in [0.1, 0.15) is 17.7 Å². The Morgan fingerprint density at radius 2 is 2.17 bits per heavy atom. The zero-order valence-corrected chi connectivity index (χ0v) is 13.2. The monoisotopic (exact) mass is 333 g/mol. The molecule has 0 amide bonds. The summed E-state index contributed by atoms with van der Waals surface area (Å²) in [4.78, 5) is 11.5. The molecule has 2 heterocycles. The maximum Gasteiger partial charge on any atom is 0.364 e. The second kappa shape index (κ2) is 6.70. The molecule has 120 valence electrons. The lowest BCUT2D eigenvalue weighted by Gasteiger charge is -2.19. The number of hydrogen-bond acceptors (Lipinski definition) is 5. The van der Waals surface area contributed by atoms with Crippen molar-refractivity contribution in [2.75, 3.05) is 11.9 Å². The van der Waals surface area contributed by atoms with Crippen LogP contribution in [0.3, 0.4) is 0 Å². The molecule has 0 aliphatic rings. The predicted octanol–water partition coefficient (Wildman–Crippen LogP) is 2.34. The lowest BCUT2D eigenvalue weighted by Crippen LogP contribution is -2.26. The first-order valence-electron chi connectivity index (χ1n) is 7.27. The first-order valence-corrected chi connectivity index (χ1v) is 7.64. The Morgan fingerprint density at radius 3 is 2.96 bits per heavy atom. The number of para-hydroxylation sites is 1. The van der Waals surface area contributed by atoms with Crippen molar-refractivity contribution in [2.45, 2.75) is 19.4 Å². The van der Waals surface area contributed by atoms with Gasteiger partial charge in [-0.25, -0.2) is 9.89 Å². The zero-order valence-electron chi connectivity index (χ0n) is 12.5. The van der Waals surface area contributed by atoms with Gasteiger partial charge in [-0.15, -0.1) is 5.10 Å². The van der Waals surface area contributed by atoms with Crippen molar-refractivity contribution in [3.8, 4) is 5.75 Å². The summed E-state index contributed by atoms with van der Waals surface area (Å²) in [5, 5.41) is 14.1. The summed E-state index contributed by atoms with van der Waals surface area (Å²) in [6.07, 6.45) is 0.722. The fraction of sp³-hybridized carbons (Fsp3) is 0.267. The molecule has 1 atom stereocenters. The van der Waals surface area contributed by atoms with Crippen molar-refractivity contribution in [3.63, 3.8) is 0 Å². The van der Waals surface area contributed by atoms with E-state index in [1.165, 1.54) is 4.52 Å². The topological polar surface area (TPSA) is 84.3 Å². The Hall–Kier alpha value is -2.54. The molecule has 0 saturated carbocycles. The first kappa shape index (κ1) is 15.4. The third-order valence-electron chi connectivity index (χ3n) is 3.37. The summed E-state index contributed by atoms with van der Waals surface area (Å²) in [6, 6.07) is 10.8. The number of ether oxygens (including phenoxy) is 1. The smallest absolute Gasteiger partial charge is 0.364 e. The number of nitrogens with one attached hydrogen (secondary N) is 2. The Bertz CT molecular complexity index is 860. The van der Waals surface area contributed by atoms with Gasteiger partial charge in [0.05, 0.1) is 11.6 Å². The van der Waals surface area contributed by atoms with Crippen molar-refractivity contribution < 1.29 is 4.74 Å². The molecule has 3 rings (SSSR count). The van der Waals surface area contributed by atoms with Gasteiger partial charge in [0.25, 0.3) is 0 Å². The standard InChI is InChI=1S/C15H16ClN5O2/c1-2-10(23-12-6-4-3-5-11(12)16)9-17-13-7-8-14-18-19-15(22)21(14)20-13/h3-8,10H,2,9H2,1H3,(H,17,20)(H,19,22)/t10-/m0/s1. The molecule has 0 radical (unpaired) electrons. The molecule has 0 spiro atoms. The summed E-state index contributed by atoms with van der Waals surface area (Å²) in [5.74, 6) is 1.22. The van der Waals surface area contributed by atoms with E-state index in [1.54, 1.807) is 18.2 Å². The van der Waals surface area contributed by atoms with Gasteiger partial charge in [-0.05, 0) is 30.7 Å². The molecule has 0 aliphatic carbocycles. The van der Waals surface area contributed by atoms with E-state index in [9.17, 15) is 4.79 Å². The van der Waals surface area contributed by atoms with Crippen LogP contribution in [-0.4, -0.2) is 32.5 Å². The van der Waals surface area contributed by atoms with Crippen LogP contribution < -0.4 is 15.7 Å². The molecule has 7 nitrogen and oxygen atoms in total. The van der Waals surface area contributed by atoms with Crippen molar-refractivity contribution >= 4 is 23.1 Å². The molecule has 0 bridgehead atoms. The molecular weight excluding hydrogens is 318 g/mol. The Morgan fingerprint density at radius 1 is 1.35 bits per heavy atom. The van der Waals surface area contributed by atoms with E-state index in [4.69, 9.17) is 16.3 Å². The third-order valence-corrected chi connectivity index (χ3v) is 3.68. The summed E-state index contributed by atoms with van der Waals surface area (Å²) >= 11 is 6.11. The number of aromatic amines is 1. The number of H-pyrrole nitrogens is 1. The van der Waals surface area contributed by atoms with E-state index in [2.05, 4.69) is 20.6 Å². The SMILES string of the molecule is CC[C@@H](CNc1ccc2n[nH]c(=O)n2n1)Oc1ccccc1Cl. The molecule has 1 aromatic carbocycles. The fourth-order valence-corrected chi connectivity index (χ4v) is 2.29. The minimum Gasteiger partial charge on any atom is -0.487 e. The summed E-state index contributed by atoms with van der Waals surface area (Å²) in [7, 11) is 0. The zero-order chi connectivity index (χ0) is 16.2. The molecule has 8 heteroatoms. The minimum atomic E-state index is -0.372. The number of hydrogen-bond donors (Lipinski definition) is 2. The van der Waals surface area contributed by atoms with Gasteiger partial charge >= 0.3 is 5.69 Å². The Labute approximate surface area is 137 Å². The van der Waals surface area contributed by atoms with E-state index in [0.29, 0.717) is 28.8 Å². The van der Waals surface area contributed by atoms with E-state index >= 15 is 0 Å². The van der Waals surface area contributed by atoms with Crippen LogP contribution in [0.4, 0.5) is 5.82 Å². The van der Waals surface area contributed by atoms with Crippen molar-refractivity contribution in [1.82, 2.24) is 19.8 Å². The highest BCUT2D eigenvalue weighted by Crippen LogP contribution is 2.24. The molecule has 2 N–H and O–H groups in total. The van der Waals surface area contributed by atoms with Crippen molar-refractivity contribution in [3.05, 3.63) is 51.9 Å². The van der Waals surface area contributed by atoms with E-state index < -0.39 is 0 Å². The third kappa shape index (κ3) is 3.45. The number of nitrogens with zero attached hydrogens (tertiary/aromatic N) is 3. The van der Waals surface area contributed by atoms with E-state index in [0.717, 1.165) is 6.42 Å². The molecule has 0 fully saturated rings. The van der Waals surface area contributed by atoms with Gasteiger partial charge < -0.3 is 10.1 Å². The van der Waals surface area contributed by atoms with Crippen LogP contribution >= 0.6 is 11.6 Å². The van der Waals surface area contributed by atoms with Crippen LogP contribution in [0, 0.1) is 0 Å². The summed E-state index contributed by atoms with van der Waals surface area (Å²) in [5.41, 5.74) is 0.0999. The van der Waals surface area contributed by atoms with Crippen molar-refractivity contribution in [1.29, 1.82) is 0 Å². The molecule has 0 saturated heterocycles. The number of anilines is 1. The van der Waals surface area contributed by atoms with Crippen LogP contribution in [-0.2, 0) is 0 Å². The van der Waals surface area contributed by atoms with Crippen molar-refractivity contribution in [2.24, 2.45) is 0 Å². The van der Waals surface area contributed by atoms with Gasteiger partial charge in [-0.1, -0.05) is 30.7 Å². The van der Waals surface area contributed by atoms with E-state index in [1.807, 2.05) is 25.1 Å². The number of rotatable bonds is 6. The van der Waals surface area contributed by atoms with Crippen LogP contribution in [0.5, 0.6) is 5.75 Å². The van der Waals surface area contributed by atoms with Gasteiger partial charge in [0, 0.05) is 0 Å². The normalized spacial score (nSPS) is 12.3. The Kier molecular flexibility index (Phi) is 4.47. The molecule has 0 unspecified atom stereocenters. The number of halogens is 1. The molecule has 3 aromatic rings. The molecule has 2 aromatic heterocycles. The second-order valence-corrected chi connectivity index (χ2v) is 5.38. The second-order valence-electron chi connectivity index (χ2n) is 4.98. The quantitative estimate of drug-likeness (QED) is 0.723. The van der Waals surface area contributed by atoms with Gasteiger partial charge in [-0.3, -0.25) is 0 Å². The maximum atomic E-state index is 11.5. The number of benzene rings is 1. The lowest BCUT2D eigenvalue weighted by molar-refractivity contribution is 0.210. The first-order chi connectivity index (χ1) is 11.2. The van der Waals surface area contributed by atoms with Crippen LogP contribution in [0.2, 0.25) is 5.02 Å². The van der Waals surface area contributed by atoms with Gasteiger partial charge in [0.15, 0.2) is 5.65 Å². The highest BCUT2D eigenvalue weighted by molar-refractivity contribution is 6.32. The number of fused-ring (bicyclic) bond motifs is 1. The maximum absolute atomic E-state index is 11.5. The molecule has 0 aliphatic heterocycles. The number of aromatic nitrogens is 4. The molecular formula is C15H16ClN5O2. The van der Waals surface area contributed by atoms with Gasteiger partial charge in [0.2, 0.25) is 0 Å². The highest BCUT2D eigenvalue weighted by atomic mass is 35.5. The van der Waals surface area contributed by atoms with E-state index in [-0.39, 0.29) is 11.8 Å². The summed E-state index contributed by atoms with van der Waals surface area (Å²) in [6.45, 7) is 2.56. The fourth-order valence-electron chi connectivity index (χ4n) is 2.10.